The van der Waals surface area contributed by atoms with E-state index in [4.69, 9.17) is 9.47 Å². The van der Waals surface area contributed by atoms with Gasteiger partial charge in [0, 0.05) is 6.08 Å². The first-order chi connectivity index (χ1) is 12.1. The van der Waals surface area contributed by atoms with Gasteiger partial charge in [-0.15, -0.1) is 0 Å². The lowest BCUT2D eigenvalue weighted by Gasteiger charge is -2.60. The van der Waals surface area contributed by atoms with Crippen molar-refractivity contribution in [2.75, 3.05) is 7.11 Å². The summed E-state index contributed by atoms with van der Waals surface area (Å²) in [6.07, 6.45) is 8.70. The molecule has 4 nitrogen and oxygen atoms in total. The van der Waals surface area contributed by atoms with Gasteiger partial charge >= 0.3 is 0 Å². The largest absolute Gasteiger partial charge is 0.492 e. The molecule has 4 heteroatoms. The number of carbonyl (C=O) groups excluding carboxylic acids is 2. The number of carbonyl (C=O) groups is 2. The Morgan fingerprint density at radius 3 is 2.50 bits per heavy atom. The predicted octanol–water partition coefficient (Wildman–Crippen LogP) is 4.26. The van der Waals surface area contributed by atoms with Crippen molar-refractivity contribution in [1.82, 2.24) is 0 Å². The number of allylic oxidation sites excluding steroid dienone is 3. The van der Waals surface area contributed by atoms with Gasteiger partial charge < -0.3 is 9.47 Å². The summed E-state index contributed by atoms with van der Waals surface area (Å²) in [6, 6.07) is 0. The number of rotatable bonds is 1. The zero-order valence-electron chi connectivity index (χ0n) is 16.4. The molecule has 4 aliphatic rings. The topological polar surface area (TPSA) is 52.6 Å². The van der Waals surface area contributed by atoms with Crippen molar-refractivity contribution >= 4 is 11.6 Å². The summed E-state index contributed by atoms with van der Waals surface area (Å²) in [7, 11) is 1.42. The summed E-state index contributed by atoms with van der Waals surface area (Å²) in [5, 5.41) is 0. The minimum absolute atomic E-state index is 0.00892. The van der Waals surface area contributed by atoms with E-state index in [1.165, 1.54) is 31.6 Å². The third-order valence-electron chi connectivity index (χ3n) is 7.36. The van der Waals surface area contributed by atoms with Crippen LogP contribution in [0.5, 0.6) is 0 Å². The molecule has 140 valence electrons. The molecule has 1 unspecified atom stereocenters. The van der Waals surface area contributed by atoms with E-state index < -0.39 is 5.60 Å². The number of ketones is 2. The zero-order chi connectivity index (χ0) is 18.9. The molecule has 0 amide bonds. The Morgan fingerprint density at radius 2 is 1.81 bits per heavy atom. The number of Topliss-reactive ketones (excluding diaryl/α,β-unsaturated/α-hetero) is 1. The number of fused-ring (bicyclic) bond motifs is 3. The van der Waals surface area contributed by atoms with E-state index in [0.717, 1.165) is 19.3 Å². The second-order valence-corrected chi connectivity index (χ2v) is 9.39. The summed E-state index contributed by atoms with van der Waals surface area (Å²) in [5.74, 6) is 0.320. The van der Waals surface area contributed by atoms with Crippen LogP contribution >= 0.6 is 0 Å². The molecule has 1 heterocycles. The quantitative estimate of drug-likeness (QED) is 0.659. The van der Waals surface area contributed by atoms with Crippen LogP contribution in [0.25, 0.3) is 0 Å². The molecule has 3 atom stereocenters. The monoisotopic (exact) mass is 356 g/mol. The van der Waals surface area contributed by atoms with E-state index in [9.17, 15) is 9.59 Å². The Hall–Kier alpha value is -1.84. The van der Waals surface area contributed by atoms with E-state index in [1.807, 2.05) is 6.08 Å². The van der Waals surface area contributed by atoms with E-state index in [2.05, 4.69) is 27.7 Å². The Kier molecular flexibility index (Phi) is 3.61. The standard InChI is InChI=1S/C22H28O4/c1-20(2)8-6-9-21(3)16(20)7-10-22(4)17(21)11-13-18(24)15(25-5)12-14(23)19(13)26-22/h11-12,16H,6-10H2,1-5H3/t16-,21-,22?/m0/s1. The van der Waals surface area contributed by atoms with Crippen molar-refractivity contribution in [2.45, 2.75) is 65.4 Å². The van der Waals surface area contributed by atoms with Crippen LogP contribution in [0.2, 0.25) is 0 Å². The lowest BCUT2D eigenvalue weighted by Crippen LogP contribution is -2.55. The van der Waals surface area contributed by atoms with Gasteiger partial charge in [0.1, 0.15) is 5.60 Å². The van der Waals surface area contributed by atoms with Crippen LogP contribution in [0.15, 0.2) is 34.8 Å². The molecule has 3 aliphatic carbocycles. The first kappa shape index (κ1) is 17.6. The second kappa shape index (κ2) is 5.34. The van der Waals surface area contributed by atoms with Crippen LogP contribution in [0, 0.1) is 16.7 Å². The molecule has 2 fully saturated rings. The smallest absolute Gasteiger partial charge is 0.231 e. The van der Waals surface area contributed by atoms with Gasteiger partial charge in [-0.1, -0.05) is 27.2 Å². The third-order valence-corrected chi connectivity index (χ3v) is 7.36. The zero-order valence-corrected chi connectivity index (χ0v) is 16.4. The fourth-order valence-electron chi connectivity index (χ4n) is 6.11. The van der Waals surface area contributed by atoms with Crippen LogP contribution in [0.1, 0.15) is 59.8 Å². The van der Waals surface area contributed by atoms with Crippen molar-refractivity contribution in [3.05, 3.63) is 34.8 Å². The molecule has 26 heavy (non-hydrogen) atoms. The summed E-state index contributed by atoms with van der Waals surface area (Å²) < 4.78 is 11.4. The molecule has 0 bridgehead atoms. The molecule has 1 aliphatic heterocycles. The van der Waals surface area contributed by atoms with Crippen LogP contribution in [-0.4, -0.2) is 24.3 Å². The molecule has 0 spiro atoms. The Balaban J connectivity index is 1.85. The van der Waals surface area contributed by atoms with E-state index in [-0.39, 0.29) is 33.9 Å². The lowest BCUT2D eigenvalue weighted by molar-refractivity contribution is -0.125. The lowest BCUT2D eigenvalue weighted by atomic mass is 9.47. The van der Waals surface area contributed by atoms with Crippen LogP contribution < -0.4 is 0 Å². The summed E-state index contributed by atoms with van der Waals surface area (Å²) >= 11 is 0. The van der Waals surface area contributed by atoms with Gasteiger partial charge in [0.15, 0.2) is 11.5 Å². The molecule has 0 aromatic carbocycles. The highest BCUT2D eigenvalue weighted by atomic mass is 16.5. The van der Waals surface area contributed by atoms with Gasteiger partial charge in [-0.3, -0.25) is 9.59 Å². The van der Waals surface area contributed by atoms with Crippen molar-refractivity contribution in [3.8, 4) is 0 Å². The van der Waals surface area contributed by atoms with Crippen LogP contribution in [0.4, 0.5) is 0 Å². The normalized spacial score (nSPS) is 38.4. The van der Waals surface area contributed by atoms with Gasteiger partial charge in [-0.05, 0) is 61.0 Å². The Morgan fingerprint density at radius 1 is 1.08 bits per heavy atom. The molecule has 0 radical (unpaired) electrons. The molecule has 0 aromatic heterocycles. The van der Waals surface area contributed by atoms with Crippen molar-refractivity contribution in [2.24, 2.45) is 16.7 Å². The van der Waals surface area contributed by atoms with Gasteiger partial charge in [0.25, 0.3) is 0 Å². The summed E-state index contributed by atoms with van der Waals surface area (Å²) in [4.78, 5) is 25.3. The molecular weight excluding hydrogens is 328 g/mol. The fourth-order valence-corrected chi connectivity index (χ4v) is 6.11. The maximum Gasteiger partial charge on any atom is 0.231 e. The molecular formula is C22H28O4. The fraction of sp³-hybridized carbons (Fsp3) is 0.636. The molecule has 4 rings (SSSR count). The highest BCUT2D eigenvalue weighted by Gasteiger charge is 2.58. The highest BCUT2D eigenvalue weighted by molar-refractivity contribution is 6.22. The van der Waals surface area contributed by atoms with Crippen LogP contribution in [0.3, 0.4) is 0 Å². The first-order valence-electron chi connectivity index (χ1n) is 9.63. The average Bonchev–Trinajstić information content (AvgIpc) is 2.56. The average molecular weight is 356 g/mol. The van der Waals surface area contributed by atoms with E-state index in [1.54, 1.807) is 0 Å². The highest BCUT2D eigenvalue weighted by Crippen LogP contribution is 2.63. The van der Waals surface area contributed by atoms with Gasteiger partial charge in [0.05, 0.1) is 12.7 Å². The molecule has 2 saturated carbocycles. The van der Waals surface area contributed by atoms with Crippen molar-refractivity contribution in [1.29, 1.82) is 0 Å². The number of hydrogen-bond donors (Lipinski definition) is 0. The van der Waals surface area contributed by atoms with Crippen molar-refractivity contribution in [3.63, 3.8) is 0 Å². The maximum absolute atomic E-state index is 12.8. The number of methoxy groups -OCH3 is 1. The number of ether oxygens (including phenoxy) is 2. The maximum atomic E-state index is 12.8. The van der Waals surface area contributed by atoms with Gasteiger partial charge in [-0.2, -0.15) is 0 Å². The first-order valence-corrected chi connectivity index (χ1v) is 9.63. The molecule has 0 aromatic rings. The summed E-state index contributed by atoms with van der Waals surface area (Å²) in [6.45, 7) is 9.15. The molecule has 0 N–H and O–H groups in total. The van der Waals surface area contributed by atoms with Gasteiger partial charge in [-0.25, -0.2) is 0 Å². The van der Waals surface area contributed by atoms with Gasteiger partial charge in [0.2, 0.25) is 11.6 Å². The second-order valence-electron chi connectivity index (χ2n) is 9.39. The minimum Gasteiger partial charge on any atom is -0.492 e. The minimum atomic E-state index is -0.508. The van der Waals surface area contributed by atoms with E-state index in [0.29, 0.717) is 11.5 Å². The van der Waals surface area contributed by atoms with Crippen LogP contribution in [-0.2, 0) is 19.1 Å². The SMILES string of the molecule is COC1=CC(=O)C2=C(C=C3C(C)(CC[C@H]4C(C)(C)CCC[C@]34C)O2)C1=O. The Bertz CT molecular complexity index is 797. The van der Waals surface area contributed by atoms with E-state index >= 15 is 0 Å². The number of hydrogen-bond acceptors (Lipinski definition) is 4. The third kappa shape index (κ3) is 2.20. The predicted molar refractivity (Wildman–Crippen MR) is 98.2 cm³/mol. The van der Waals surface area contributed by atoms with Crippen molar-refractivity contribution < 1.29 is 19.1 Å². The summed E-state index contributed by atoms with van der Waals surface area (Å²) in [5.41, 5.74) is 1.31. The molecule has 0 saturated heterocycles. The Labute approximate surface area is 155 Å².